The van der Waals surface area contributed by atoms with E-state index in [-0.39, 0.29) is 19.0 Å². The third-order valence-electron chi connectivity index (χ3n) is 6.06. The molecule has 0 saturated heterocycles. The van der Waals surface area contributed by atoms with Crippen molar-refractivity contribution in [2.75, 3.05) is 0 Å². The monoisotopic (exact) mass is 597 g/mol. The molecule has 0 radical (unpaired) electrons. The molecule has 0 aliphatic carbocycles. The molecule has 3 aromatic carbocycles. The van der Waals surface area contributed by atoms with E-state index in [2.05, 4.69) is 5.32 Å². The number of ether oxygens (including phenoxy) is 3. The predicted octanol–water partition coefficient (Wildman–Crippen LogP) is 8.98. The maximum Gasteiger partial charge on any atom is 0.408 e. The molecule has 0 aromatic heterocycles. The summed E-state index contributed by atoms with van der Waals surface area (Å²) in [5.41, 5.74) is 1.48. The highest BCUT2D eigenvalue weighted by molar-refractivity contribution is 6.31. The number of carbonyl (C=O) groups excluding carboxylic acids is 2. The first-order chi connectivity index (χ1) is 19.6. The van der Waals surface area contributed by atoms with Crippen LogP contribution in [0.1, 0.15) is 84.0 Å². The fourth-order valence-corrected chi connectivity index (χ4v) is 4.72. The van der Waals surface area contributed by atoms with Crippen LogP contribution in [0.15, 0.2) is 60.7 Å². The molecule has 0 aliphatic heterocycles. The Morgan fingerprint density at radius 3 is 2.29 bits per heavy atom. The van der Waals surface area contributed by atoms with Crippen LogP contribution in [0.25, 0.3) is 11.1 Å². The van der Waals surface area contributed by atoms with Gasteiger partial charge in [-0.2, -0.15) is 0 Å². The third kappa shape index (κ3) is 10.1. The normalized spacial score (nSPS) is 12.4. The molecule has 0 aliphatic rings. The number of benzene rings is 3. The zero-order chi connectivity index (χ0) is 31.1. The predicted molar refractivity (Wildman–Crippen MR) is 164 cm³/mol. The maximum absolute atomic E-state index is 16.0. The second-order valence-electron chi connectivity index (χ2n) is 12.2. The molecule has 0 heterocycles. The molecule has 42 heavy (non-hydrogen) atoms. The van der Waals surface area contributed by atoms with E-state index in [4.69, 9.17) is 25.8 Å². The van der Waals surface area contributed by atoms with E-state index in [0.717, 1.165) is 12.0 Å². The van der Waals surface area contributed by atoms with Crippen molar-refractivity contribution in [3.05, 3.63) is 88.2 Å². The van der Waals surface area contributed by atoms with Gasteiger partial charge in [-0.25, -0.2) is 9.18 Å². The molecule has 0 spiro atoms. The van der Waals surface area contributed by atoms with Gasteiger partial charge in [0.15, 0.2) is 0 Å². The summed E-state index contributed by atoms with van der Waals surface area (Å²) >= 11 is 6.47. The number of nitrogens with one attached hydrogen (secondary N) is 1. The molecule has 226 valence electrons. The van der Waals surface area contributed by atoms with Crippen LogP contribution < -0.4 is 10.1 Å². The Labute approximate surface area is 253 Å². The van der Waals surface area contributed by atoms with Crippen molar-refractivity contribution in [3.63, 3.8) is 0 Å². The van der Waals surface area contributed by atoms with Gasteiger partial charge in [0.05, 0.1) is 12.5 Å². The maximum atomic E-state index is 16.0. The number of hydrogen-bond acceptors (Lipinski definition) is 5. The lowest BCUT2D eigenvalue weighted by Gasteiger charge is -2.24. The molecular weight excluding hydrogens is 557 g/mol. The van der Waals surface area contributed by atoms with E-state index in [1.54, 1.807) is 57.2 Å². The van der Waals surface area contributed by atoms with E-state index in [0.29, 0.717) is 39.4 Å². The summed E-state index contributed by atoms with van der Waals surface area (Å²) in [7, 11) is 0. The van der Waals surface area contributed by atoms with Crippen LogP contribution in [0.3, 0.4) is 0 Å². The van der Waals surface area contributed by atoms with Crippen molar-refractivity contribution in [2.24, 2.45) is 0 Å². The zero-order valence-corrected chi connectivity index (χ0v) is 26.2. The molecule has 3 rings (SSSR count). The molecule has 3 aromatic rings. The summed E-state index contributed by atoms with van der Waals surface area (Å²) in [4.78, 5) is 24.9. The van der Waals surface area contributed by atoms with Gasteiger partial charge in [0.2, 0.25) is 0 Å². The summed E-state index contributed by atoms with van der Waals surface area (Å²) in [6.45, 7) is 12.9. The Kier molecular flexibility index (Phi) is 11.0. The molecule has 1 N–H and O–H groups in total. The number of carbonyl (C=O) groups is 2. The first kappa shape index (κ1) is 32.9. The Hall–Kier alpha value is -3.58. The van der Waals surface area contributed by atoms with Gasteiger partial charge in [-0.15, -0.1) is 0 Å². The lowest BCUT2D eigenvalue weighted by Crippen LogP contribution is -2.35. The van der Waals surface area contributed by atoms with Crippen molar-refractivity contribution in [1.29, 1.82) is 0 Å². The van der Waals surface area contributed by atoms with Gasteiger partial charge in [0.1, 0.15) is 29.4 Å². The van der Waals surface area contributed by atoms with Crippen molar-refractivity contribution in [2.45, 2.75) is 91.6 Å². The van der Waals surface area contributed by atoms with Gasteiger partial charge in [0, 0.05) is 21.7 Å². The van der Waals surface area contributed by atoms with Crippen molar-refractivity contribution < 1.29 is 28.2 Å². The van der Waals surface area contributed by atoms with E-state index >= 15 is 4.39 Å². The Bertz CT molecular complexity index is 1390. The highest BCUT2D eigenvalue weighted by atomic mass is 35.5. The largest absolute Gasteiger partial charge is 0.489 e. The van der Waals surface area contributed by atoms with Gasteiger partial charge in [0.25, 0.3) is 0 Å². The Morgan fingerprint density at radius 2 is 1.62 bits per heavy atom. The smallest absolute Gasteiger partial charge is 0.408 e. The van der Waals surface area contributed by atoms with E-state index < -0.39 is 29.2 Å². The first-order valence-corrected chi connectivity index (χ1v) is 14.5. The minimum atomic E-state index is -0.670. The van der Waals surface area contributed by atoms with Crippen LogP contribution in [0.5, 0.6) is 5.75 Å². The number of esters is 1. The van der Waals surface area contributed by atoms with Crippen LogP contribution in [-0.4, -0.2) is 23.3 Å². The SMILES string of the molecule is CCCC(NC(=O)OC(C)(C)C)c1cccc(-c2cc(Cl)cc(COc3ccccc3CC(=O)OC(C)(C)C)c2)c1F. The van der Waals surface area contributed by atoms with Crippen LogP contribution in [0.4, 0.5) is 9.18 Å². The van der Waals surface area contributed by atoms with Gasteiger partial charge >= 0.3 is 12.1 Å². The van der Waals surface area contributed by atoms with Crippen molar-refractivity contribution in [1.82, 2.24) is 5.32 Å². The van der Waals surface area contributed by atoms with E-state index in [1.807, 2.05) is 52.0 Å². The first-order valence-electron chi connectivity index (χ1n) is 14.2. The number of para-hydroxylation sites is 1. The van der Waals surface area contributed by atoms with Crippen LogP contribution in [-0.2, 0) is 27.3 Å². The van der Waals surface area contributed by atoms with Crippen LogP contribution >= 0.6 is 11.6 Å². The van der Waals surface area contributed by atoms with Crippen LogP contribution in [0.2, 0.25) is 5.02 Å². The average Bonchev–Trinajstić information content (AvgIpc) is 2.85. The van der Waals surface area contributed by atoms with Gasteiger partial charge < -0.3 is 19.5 Å². The summed E-state index contributed by atoms with van der Waals surface area (Å²) in [6, 6.07) is 17.1. The molecule has 1 unspecified atom stereocenters. The standard InChI is InChI=1S/C34H41ClFNO5/c1-8-12-28(37-32(39)42-34(5,6)7)27-15-11-14-26(31(27)36)24-17-22(18-25(35)19-24)21-40-29-16-10-9-13-23(29)20-30(38)41-33(2,3)4/h9-11,13-19,28H,8,12,20-21H2,1-7H3,(H,37,39). The molecule has 0 saturated carbocycles. The van der Waals surface area contributed by atoms with Crippen molar-refractivity contribution >= 4 is 23.7 Å². The molecule has 1 atom stereocenters. The molecule has 0 bridgehead atoms. The quantitative estimate of drug-likeness (QED) is 0.236. The summed E-state index contributed by atoms with van der Waals surface area (Å²) in [6.07, 6.45) is 0.748. The minimum absolute atomic E-state index is 0.0719. The fourth-order valence-electron chi connectivity index (χ4n) is 4.46. The van der Waals surface area contributed by atoms with Crippen LogP contribution in [0, 0.1) is 5.82 Å². The summed E-state index contributed by atoms with van der Waals surface area (Å²) < 4.78 is 33.0. The lowest BCUT2D eigenvalue weighted by molar-refractivity contribution is -0.153. The average molecular weight is 598 g/mol. The second-order valence-corrected chi connectivity index (χ2v) is 12.6. The van der Waals surface area contributed by atoms with Gasteiger partial charge in [-0.1, -0.05) is 61.3 Å². The fraction of sp³-hybridized carbons (Fsp3) is 0.412. The van der Waals surface area contributed by atoms with Crippen molar-refractivity contribution in [3.8, 4) is 16.9 Å². The summed E-state index contributed by atoms with van der Waals surface area (Å²) in [5, 5.41) is 3.25. The number of halogens is 2. The zero-order valence-electron chi connectivity index (χ0n) is 25.5. The summed E-state index contributed by atoms with van der Waals surface area (Å²) in [5.74, 6) is -0.237. The topological polar surface area (TPSA) is 73.9 Å². The lowest BCUT2D eigenvalue weighted by atomic mass is 9.95. The molecule has 1 amide bonds. The second kappa shape index (κ2) is 14.1. The number of rotatable bonds is 10. The number of hydrogen-bond donors (Lipinski definition) is 1. The van der Waals surface area contributed by atoms with E-state index in [1.165, 1.54) is 0 Å². The highest BCUT2D eigenvalue weighted by Crippen LogP contribution is 2.33. The number of amides is 1. The Balaban J connectivity index is 1.84. The molecular formula is C34H41ClFNO5. The molecule has 0 fully saturated rings. The van der Waals surface area contributed by atoms with Gasteiger partial charge in [-0.05, 0) is 83.4 Å². The highest BCUT2D eigenvalue weighted by Gasteiger charge is 2.24. The Morgan fingerprint density at radius 1 is 0.929 bits per heavy atom. The third-order valence-corrected chi connectivity index (χ3v) is 6.28. The molecule has 8 heteroatoms. The van der Waals surface area contributed by atoms with E-state index in [9.17, 15) is 9.59 Å². The van der Waals surface area contributed by atoms with Gasteiger partial charge in [-0.3, -0.25) is 4.79 Å². The number of alkyl carbamates (subject to hydrolysis) is 1. The minimum Gasteiger partial charge on any atom is -0.489 e. The molecule has 6 nitrogen and oxygen atoms in total.